The van der Waals surface area contributed by atoms with Crippen LogP contribution in [-0.4, -0.2) is 9.78 Å². The van der Waals surface area contributed by atoms with Crippen molar-refractivity contribution < 1.29 is 4.39 Å². The first-order valence-corrected chi connectivity index (χ1v) is 7.87. The van der Waals surface area contributed by atoms with Crippen molar-refractivity contribution in [1.29, 1.82) is 5.26 Å². The molecule has 0 amide bonds. The number of aryl methyl sites for hydroxylation is 1. The first-order valence-electron chi connectivity index (χ1n) is 7.49. The molecule has 2 aromatic carbocycles. The van der Waals surface area contributed by atoms with E-state index in [1.807, 2.05) is 13.8 Å². The number of hydrogen-bond acceptors (Lipinski definition) is 2. The second kappa shape index (κ2) is 6.46. The topological polar surface area (TPSA) is 41.6 Å². The molecule has 1 aromatic heterocycles. The van der Waals surface area contributed by atoms with Crippen LogP contribution in [-0.2, 0) is 6.42 Å². The van der Waals surface area contributed by atoms with Crippen molar-refractivity contribution in [1.82, 2.24) is 9.78 Å². The smallest absolute Gasteiger partial charge is 0.123 e. The fraction of sp³-hybridized carbons (Fsp3) is 0.158. The maximum absolute atomic E-state index is 13.1. The molecular formula is C19H15ClFN3. The Morgan fingerprint density at radius 2 is 1.88 bits per heavy atom. The Morgan fingerprint density at radius 3 is 2.50 bits per heavy atom. The van der Waals surface area contributed by atoms with Crippen molar-refractivity contribution in [3.63, 3.8) is 0 Å². The van der Waals surface area contributed by atoms with Gasteiger partial charge in [0.25, 0.3) is 0 Å². The lowest BCUT2D eigenvalue weighted by molar-refractivity contribution is 0.627. The highest BCUT2D eigenvalue weighted by Crippen LogP contribution is 2.26. The molecule has 0 fully saturated rings. The predicted octanol–water partition coefficient (Wildman–Crippen LogP) is 4.74. The summed E-state index contributed by atoms with van der Waals surface area (Å²) in [6, 6.07) is 13.7. The van der Waals surface area contributed by atoms with Gasteiger partial charge in [-0.2, -0.15) is 10.4 Å². The molecule has 0 unspecified atom stereocenters. The molecule has 0 aliphatic heterocycles. The van der Waals surface area contributed by atoms with Crippen LogP contribution in [0.15, 0.2) is 42.5 Å². The largest absolute Gasteiger partial charge is 0.236 e. The van der Waals surface area contributed by atoms with E-state index in [9.17, 15) is 4.39 Å². The average molecular weight is 340 g/mol. The molecule has 0 saturated heterocycles. The van der Waals surface area contributed by atoms with Crippen LogP contribution in [0.1, 0.15) is 28.1 Å². The van der Waals surface area contributed by atoms with Crippen LogP contribution < -0.4 is 0 Å². The van der Waals surface area contributed by atoms with Crippen molar-refractivity contribution in [2.45, 2.75) is 20.3 Å². The molecule has 3 nitrogen and oxygen atoms in total. The summed E-state index contributed by atoms with van der Waals surface area (Å²) >= 11 is 6.30. The summed E-state index contributed by atoms with van der Waals surface area (Å²) in [4.78, 5) is 0. The zero-order valence-electron chi connectivity index (χ0n) is 13.3. The zero-order chi connectivity index (χ0) is 17.3. The molecule has 0 radical (unpaired) electrons. The molecule has 0 spiro atoms. The van der Waals surface area contributed by atoms with Crippen LogP contribution in [0.25, 0.3) is 5.69 Å². The number of hydrogen-bond donors (Lipinski definition) is 0. The lowest BCUT2D eigenvalue weighted by Crippen LogP contribution is -2.01. The average Bonchev–Trinajstić information content (AvgIpc) is 2.84. The molecule has 3 rings (SSSR count). The van der Waals surface area contributed by atoms with Crippen LogP contribution in [0.2, 0.25) is 5.02 Å². The molecule has 5 heteroatoms. The summed E-state index contributed by atoms with van der Waals surface area (Å²) in [5.41, 5.74) is 5.23. The third-order valence-corrected chi connectivity index (χ3v) is 4.34. The van der Waals surface area contributed by atoms with Gasteiger partial charge < -0.3 is 0 Å². The Bertz CT molecular complexity index is 936. The van der Waals surface area contributed by atoms with Crippen LogP contribution >= 0.6 is 11.6 Å². The van der Waals surface area contributed by atoms with Gasteiger partial charge in [0.15, 0.2) is 0 Å². The molecule has 0 N–H and O–H groups in total. The fourth-order valence-electron chi connectivity index (χ4n) is 2.72. The van der Waals surface area contributed by atoms with Crippen LogP contribution in [0.4, 0.5) is 4.39 Å². The predicted molar refractivity (Wildman–Crippen MR) is 92.0 cm³/mol. The van der Waals surface area contributed by atoms with E-state index in [0.29, 0.717) is 17.0 Å². The summed E-state index contributed by atoms with van der Waals surface area (Å²) in [6.07, 6.45) is 0.672. The van der Waals surface area contributed by atoms with E-state index in [1.165, 1.54) is 12.1 Å². The maximum atomic E-state index is 13.1. The van der Waals surface area contributed by atoms with Gasteiger partial charge in [0, 0.05) is 17.7 Å². The third kappa shape index (κ3) is 3.04. The van der Waals surface area contributed by atoms with E-state index >= 15 is 0 Å². The number of rotatable bonds is 3. The summed E-state index contributed by atoms with van der Waals surface area (Å²) < 4.78 is 14.9. The molecule has 0 saturated carbocycles. The molecule has 0 atom stereocenters. The fourth-order valence-corrected chi connectivity index (χ4v) is 2.98. The van der Waals surface area contributed by atoms with Crippen molar-refractivity contribution in [3.05, 3.63) is 81.4 Å². The van der Waals surface area contributed by atoms with E-state index in [0.717, 1.165) is 28.2 Å². The summed E-state index contributed by atoms with van der Waals surface area (Å²) in [5, 5.41) is 14.0. The van der Waals surface area contributed by atoms with Crippen molar-refractivity contribution in [2.75, 3.05) is 0 Å². The van der Waals surface area contributed by atoms with Gasteiger partial charge in [0.2, 0.25) is 0 Å². The number of nitrogens with zero attached hydrogens (tertiary/aromatic N) is 3. The van der Waals surface area contributed by atoms with Gasteiger partial charge in [-0.25, -0.2) is 9.07 Å². The molecule has 120 valence electrons. The highest BCUT2D eigenvalue weighted by Gasteiger charge is 2.15. The third-order valence-electron chi connectivity index (χ3n) is 4.04. The van der Waals surface area contributed by atoms with E-state index in [-0.39, 0.29) is 5.82 Å². The Kier molecular flexibility index (Phi) is 4.37. The van der Waals surface area contributed by atoms with Gasteiger partial charge in [-0.15, -0.1) is 0 Å². The highest BCUT2D eigenvalue weighted by molar-refractivity contribution is 6.32. The molecule has 3 aromatic rings. The number of halogens is 2. The standard InChI is InChI=1S/C19H15ClFN3/c1-12-17(9-14-3-6-16(21)7-4-14)13(2)24(23-12)19-8-5-15(11-22)10-18(19)20/h3-8,10H,9H2,1-2H3. The van der Waals surface area contributed by atoms with Crippen LogP contribution in [0.5, 0.6) is 0 Å². The zero-order valence-corrected chi connectivity index (χ0v) is 14.1. The second-order valence-electron chi connectivity index (χ2n) is 5.64. The second-order valence-corrected chi connectivity index (χ2v) is 6.05. The monoisotopic (exact) mass is 339 g/mol. The summed E-state index contributed by atoms with van der Waals surface area (Å²) in [7, 11) is 0. The first kappa shape index (κ1) is 16.2. The van der Waals surface area contributed by atoms with E-state index < -0.39 is 0 Å². The maximum Gasteiger partial charge on any atom is 0.123 e. The molecular weight excluding hydrogens is 325 g/mol. The Labute approximate surface area is 144 Å². The number of benzene rings is 2. The number of aromatic nitrogens is 2. The van der Waals surface area contributed by atoms with Gasteiger partial charge >= 0.3 is 0 Å². The van der Waals surface area contributed by atoms with Gasteiger partial charge in [-0.3, -0.25) is 0 Å². The minimum Gasteiger partial charge on any atom is -0.236 e. The Morgan fingerprint density at radius 1 is 1.17 bits per heavy atom. The highest BCUT2D eigenvalue weighted by atomic mass is 35.5. The van der Waals surface area contributed by atoms with Crippen molar-refractivity contribution >= 4 is 11.6 Å². The lowest BCUT2D eigenvalue weighted by atomic mass is 10.0. The van der Waals surface area contributed by atoms with Crippen LogP contribution in [0.3, 0.4) is 0 Å². The lowest BCUT2D eigenvalue weighted by Gasteiger charge is -2.08. The molecule has 0 aliphatic carbocycles. The van der Waals surface area contributed by atoms with E-state index in [1.54, 1.807) is 35.0 Å². The minimum atomic E-state index is -0.243. The minimum absolute atomic E-state index is 0.243. The summed E-state index contributed by atoms with van der Waals surface area (Å²) in [6.45, 7) is 3.92. The Balaban J connectivity index is 2.00. The SMILES string of the molecule is Cc1nn(-c2ccc(C#N)cc2Cl)c(C)c1Cc1ccc(F)cc1. The van der Waals surface area contributed by atoms with Gasteiger partial charge in [0.1, 0.15) is 5.82 Å². The van der Waals surface area contributed by atoms with Gasteiger partial charge in [-0.05, 0) is 49.7 Å². The normalized spacial score (nSPS) is 10.6. The quantitative estimate of drug-likeness (QED) is 0.691. The van der Waals surface area contributed by atoms with E-state index in [4.69, 9.17) is 16.9 Å². The molecule has 24 heavy (non-hydrogen) atoms. The van der Waals surface area contributed by atoms with Gasteiger partial charge in [-0.1, -0.05) is 23.7 Å². The van der Waals surface area contributed by atoms with Crippen molar-refractivity contribution in [3.8, 4) is 11.8 Å². The molecule has 0 aliphatic rings. The van der Waals surface area contributed by atoms with Crippen LogP contribution in [0, 0.1) is 31.0 Å². The number of nitriles is 1. The molecule has 1 heterocycles. The van der Waals surface area contributed by atoms with Gasteiger partial charge in [0.05, 0.1) is 28.0 Å². The first-order chi connectivity index (χ1) is 11.5. The Hall–Kier alpha value is -2.64. The summed E-state index contributed by atoms with van der Waals surface area (Å²) in [5.74, 6) is -0.243. The van der Waals surface area contributed by atoms with E-state index in [2.05, 4.69) is 11.2 Å². The van der Waals surface area contributed by atoms with Crippen molar-refractivity contribution in [2.24, 2.45) is 0 Å². The molecule has 0 bridgehead atoms.